The highest BCUT2D eigenvalue weighted by atomic mass is 35.5. The molecule has 1 heterocycles. The van der Waals surface area contributed by atoms with E-state index in [2.05, 4.69) is 24.9 Å². The summed E-state index contributed by atoms with van der Waals surface area (Å²) in [6.07, 6.45) is 2.25. The first kappa shape index (κ1) is 13.0. The molecule has 0 aliphatic carbocycles. The number of nitrogens with two attached hydrogens (primary N) is 1. The molecular weight excluding hydrogens is 228 g/mol. The third-order valence-corrected chi connectivity index (χ3v) is 3.47. The fourth-order valence-corrected chi connectivity index (χ4v) is 2.63. The molecule has 0 saturated heterocycles. The molecule has 0 saturated carbocycles. The SMILES string of the molecule is CC(N)CCCN(C)Cc1ccc(Cl)s1. The van der Waals surface area contributed by atoms with Gasteiger partial charge in [-0.25, -0.2) is 0 Å². The summed E-state index contributed by atoms with van der Waals surface area (Å²) in [5.41, 5.74) is 5.70. The van der Waals surface area contributed by atoms with Crippen LogP contribution in [-0.4, -0.2) is 24.5 Å². The van der Waals surface area contributed by atoms with E-state index >= 15 is 0 Å². The summed E-state index contributed by atoms with van der Waals surface area (Å²) in [7, 11) is 2.13. The molecule has 0 aromatic carbocycles. The normalized spacial score (nSPS) is 13.4. The van der Waals surface area contributed by atoms with Crippen molar-refractivity contribution in [3.05, 3.63) is 21.3 Å². The molecule has 0 fully saturated rings. The van der Waals surface area contributed by atoms with Crippen molar-refractivity contribution >= 4 is 22.9 Å². The molecule has 0 radical (unpaired) electrons. The fraction of sp³-hybridized carbons (Fsp3) is 0.636. The molecular formula is C11H19ClN2S. The van der Waals surface area contributed by atoms with Crippen LogP contribution in [0.3, 0.4) is 0 Å². The van der Waals surface area contributed by atoms with E-state index in [4.69, 9.17) is 17.3 Å². The molecule has 1 aromatic heterocycles. The first-order chi connectivity index (χ1) is 7.08. The Morgan fingerprint density at radius 2 is 2.27 bits per heavy atom. The van der Waals surface area contributed by atoms with Crippen LogP contribution in [0, 0.1) is 0 Å². The highest BCUT2D eigenvalue weighted by Crippen LogP contribution is 2.22. The Hall–Kier alpha value is -0.0900. The maximum Gasteiger partial charge on any atom is 0.0931 e. The smallest absolute Gasteiger partial charge is 0.0931 e. The van der Waals surface area contributed by atoms with Gasteiger partial charge in [-0.2, -0.15) is 0 Å². The summed E-state index contributed by atoms with van der Waals surface area (Å²) in [6.45, 7) is 4.13. The third kappa shape index (κ3) is 5.52. The van der Waals surface area contributed by atoms with Crippen LogP contribution in [0.2, 0.25) is 4.34 Å². The zero-order valence-corrected chi connectivity index (χ0v) is 10.9. The molecule has 15 heavy (non-hydrogen) atoms. The van der Waals surface area contributed by atoms with Gasteiger partial charge in [0.25, 0.3) is 0 Å². The zero-order valence-electron chi connectivity index (χ0n) is 9.37. The van der Waals surface area contributed by atoms with Crippen LogP contribution in [0.15, 0.2) is 12.1 Å². The first-order valence-corrected chi connectivity index (χ1v) is 6.45. The Labute approximate surface area is 101 Å². The molecule has 4 heteroatoms. The Balaban J connectivity index is 2.21. The maximum atomic E-state index is 5.87. The summed E-state index contributed by atoms with van der Waals surface area (Å²) in [6, 6.07) is 4.36. The van der Waals surface area contributed by atoms with Gasteiger partial charge in [0, 0.05) is 17.5 Å². The zero-order chi connectivity index (χ0) is 11.3. The highest BCUT2D eigenvalue weighted by Gasteiger charge is 2.03. The number of halogens is 1. The van der Waals surface area contributed by atoms with Crippen molar-refractivity contribution in [2.24, 2.45) is 5.73 Å². The number of rotatable bonds is 6. The molecule has 1 unspecified atom stereocenters. The van der Waals surface area contributed by atoms with Gasteiger partial charge in [0.1, 0.15) is 0 Å². The number of thiophene rings is 1. The lowest BCUT2D eigenvalue weighted by molar-refractivity contribution is 0.318. The van der Waals surface area contributed by atoms with Crippen molar-refractivity contribution in [3.63, 3.8) is 0 Å². The Kier molecular flexibility index (Phi) is 5.61. The lowest BCUT2D eigenvalue weighted by Gasteiger charge is -2.15. The predicted molar refractivity (Wildman–Crippen MR) is 68.5 cm³/mol. The van der Waals surface area contributed by atoms with Gasteiger partial charge >= 0.3 is 0 Å². The molecule has 0 aliphatic heterocycles. The van der Waals surface area contributed by atoms with Crippen LogP contribution in [-0.2, 0) is 6.54 Å². The molecule has 1 atom stereocenters. The van der Waals surface area contributed by atoms with Crippen molar-refractivity contribution in [2.45, 2.75) is 32.4 Å². The quantitative estimate of drug-likeness (QED) is 0.836. The average molecular weight is 247 g/mol. The maximum absolute atomic E-state index is 5.87. The molecule has 0 aliphatic rings. The first-order valence-electron chi connectivity index (χ1n) is 5.26. The van der Waals surface area contributed by atoms with E-state index < -0.39 is 0 Å². The minimum absolute atomic E-state index is 0.314. The monoisotopic (exact) mass is 246 g/mol. The highest BCUT2D eigenvalue weighted by molar-refractivity contribution is 7.16. The molecule has 0 amide bonds. The van der Waals surface area contributed by atoms with E-state index in [9.17, 15) is 0 Å². The van der Waals surface area contributed by atoms with Gasteiger partial charge in [0.15, 0.2) is 0 Å². The van der Waals surface area contributed by atoms with E-state index in [1.54, 1.807) is 11.3 Å². The van der Waals surface area contributed by atoms with Gasteiger partial charge in [-0.1, -0.05) is 11.6 Å². The van der Waals surface area contributed by atoms with Gasteiger partial charge in [-0.15, -0.1) is 11.3 Å². The second-order valence-electron chi connectivity index (χ2n) is 4.06. The summed E-state index contributed by atoms with van der Waals surface area (Å²) >= 11 is 7.53. The summed E-state index contributed by atoms with van der Waals surface area (Å²) in [5, 5.41) is 0. The molecule has 0 bridgehead atoms. The average Bonchev–Trinajstić information content (AvgIpc) is 2.50. The second-order valence-corrected chi connectivity index (χ2v) is 5.86. The van der Waals surface area contributed by atoms with Crippen LogP contribution >= 0.6 is 22.9 Å². The second kappa shape index (κ2) is 6.48. The van der Waals surface area contributed by atoms with Crippen LogP contribution in [0.1, 0.15) is 24.6 Å². The summed E-state index contributed by atoms with van der Waals surface area (Å²) in [4.78, 5) is 3.63. The molecule has 1 rings (SSSR count). The predicted octanol–water partition coefficient (Wildman–Crippen LogP) is 2.96. The summed E-state index contributed by atoms with van der Waals surface area (Å²) in [5.74, 6) is 0. The number of hydrogen-bond acceptors (Lipinski definition) is 3. The van der Waals surface area contributed by atoms with E-state index in [0.29, 0.717) is 6.04 Å². The Morgan fingerprint density at radius 3 is 2.80 bits per heavy atom. The lowest BCUT2D eigenvalue weighted by Crippen LogP contribution is -2.21. The number of hydrogen-bond donors (Lipinski definition) is 1. The lowest BCUT2D eigenvalue weighted by atomic mass is 10.2. The molecule has 86 valence electrons. The molecule has 0 spiro atoms. The largest absolute Gasteiger partial charge is 0.328 e. The van der Waals surface area contributed by atoms with Gasteiger partial charge in [-0.05, 0) is 45.5 Å². The Morgan fingerprint density at radius 1 is 1.53 bits per heavy atom. The molecule has 1 aromatic rings. The standard InChI is InChI=1S/C11H19ClN2S/c1-9(13)4-3-7-14(2)8-10-5-6-11(12)15-10/h5-6,9H,3-4,7-8,13H2,1-2H3. The van der Waals surface area contributed by atoms with E-state index in [1.165, 1.54) is 4.88 Å². The van der Waals surface area contributed by atoms with Crippen LogP contribution in [0.25, 0.3) is 0 Å². The van der Waals surface area contributed by atoms with Crippen LogP contribution in [0.4, 0.5) is 0 Å². The van der Waals surface area contributed by atoms with Crippen molar-refractivity contribution in [3.8, 4) is 0 Å². The number of nitrogens with zero attached hydrogens (tertiary/aromatic N) is 1. The van der Waals surface area contributed by atoms with Crippen molar-refractivity contribution in [2.75, 3.05) is 13.6 Å². The fourth-order valence-electron chi connectivity index (χ4n) is 1.46. The van der Waals surface area contributed by atoms with E-state index in [0.717, 1.165) is 30.3 Å². The van der Waals surface area contributed by atoms with Gasteiger partial charge in [0.05, 0.1) is 4.34 Å². The molecule has 2 nitrogen and oxygen atoms in total. The van der Waals surface area contributed by atoms with Crippen LogP contribution in [0.5, 0.6) is 0 Å². The van der Waals surface area contributed by atoms with Gasteiger partial charge in [0.2, 0.25) is 0 Å². The van der Waals surface area contributed by atoms with E-state index in [1.807, 2.05) is 6.07 Å². The van der Waals surface area contributed by atoms with Gasteiger partial charge in [-0.3, -0.25) is 0 Å². The summed E-state index contributed by atoms with van der Waals surface area (Å²) < 4.78 is 0.869. The van der Waals surface area contributed by atoms with Crippen LogP contribution < -0.4 is 5.73 Å². The van der Waals surface area contributed by atoms with Crippen molar-refractivity contribution in [1.29, 1.82) is 0 Å². The van der Waals surface area contributed by atoms with Gasteiger partial charge < -0.3 is 10.6 Å². The topological polar surface area (TPSA) is 29.3 Å². The minimum Gasteiger partial charge on any atom is -0.328 e. The Bertz CT molecular complexity index is 286. The molecule has 2 N–H and O–H groups in total. The van der Waals surface area contributed by atoms with Crippen molar-refractivity contribution in [1.82, 2.24) is 4.90 Å². The minimum atomic E-state index is 0.314. The van der Waals surface area contributed by atoms with Crippen molar-refractivity contribution < 1.29 is 0 Å². The third-order valence-electron chi connectivity index (χ3n) is 2.25. The van der Waals surface area contributed by atoms with E-state index in [-0.39, 0.29) is 0 Å².